The number of ether oxygens (including phenoxy) is 1. The highest BCUT2D eigenvalue weighted by Gasteiger charge is 2.06. The summed E-state index contributed by atoms with van der Waals surface area (Å²) in [6, 6.07) is 3.74. The summed E-state index contributed by atoms with van der Waals surface area (Å²) in [5.41, 5.74) is 2.62. The molecule has 0 saturated carbocycles. The number of aromatic hydroxyl groups is 1. The van der Waals surface area contributed by atoms with Crippen molar-refractivity contribution in [3.63, 3.8) is 0 Å². The van der Waals surface area contributed by atoms with Crippen molar-refractivity contribution < 1.29 is 14.9 Å². The van der Waals surface area contributed by atoms with E-state index in [2.05, 4.69) is 0 Å². The molecule has 0 unspecified atom stereocenters. The molecule has 0 aliphatic carbocycles. The van der Waals surface area contributed by atoms with Crippen LogP contribution in [0.25, 0.3) is 0 Å². The summed E-state index contributed by atoms with van der Waals surface area (Å²) in [6.45, 7) is 2.36. The molecule has 0 saturated heterocycles. The Morgan fingerprint density at radius 2 is 2.07 bits per heavy atom. The van der Waals surface area contributed by atoms with Gasteiger partial charge in [-0.2, -0.15) is 0 Å². The number of rotatable bonds is 4. The van der Waals surface area contributed by atoms with Crippen LogP contribution in [0, 0.1) is 6.92 Å². The zero-order chi connectivity index (χ0) is 10.6. The van der Waals surface area contributed by atoms with Gasteiger partial charge in [-0.25, -0.2) is 0 Å². The molecule has 1 rings (SSSR count). The quantitative estimate of drug-likeness (QED) is 0.765. The minimum Gasteiger partial charge on any atom is -0.507 e. The lowest BCUT2D eigenvalue weighted by atomic mass is 10.0. The second kappa shape index (κ2) is 4.98. The number of phenolic OH excluding ortho intramolecular Hbond substituents is 1. The molecule has 1 aromatic rings. The molecule has 78 valence electrons. The molecule has 0 atom stereocenters. The largest absolute Gasteiger partial charge is 0.507 e. The smallest absolute Gasteiger partial charge is 0.124 e. The van der Waals surface area contributed by atoms with E-state index in [1.807, 2.05) is 19.1 Å². The first-order valence-electron chi connectivity index (χ1n) is 4.60. The average molecular weight is 196 g/mol. The monoisotopic (exact) mass is 196 g/mol. The lowest BCUT2D eigenvalue weighted by Crippen LogP contribution is -1.96. The number of methoxy groups -OCH3 is 1. The van der Waals surface area contributed by atoms with E-state index in [1.54, 1.807) is 7.11 Å². The number of aliphatic hydroxyl groups excluding tert-OH is 1. The maximum atomic E-state index is 9.68. The Kier molecular flexibility index (Phi) is 3.92. The van der Waals surface area contributed by atoms with Gasteiger partial charge >= 0.3 is 0 Å². The summed E-state index contributed by atoms with van der Waals surface area (Å²) in [7, 11) is 1.59. The maximum Gasteiger partial charge on any atom is 0.124 e. The Labute approximate surface area is 84.0 Å². The Morgan fingerprint density at radius 1 is 1.36 bits per heavy atom. The van der Waals surface area contributed by atoms with Crippen molar-refractivity contribution in [1.82, 2.24) is 0 Å². The van der Waals surface area contributed by atoms with Crippen LogP contribution in [0.1, 0.15) is 16.7 Å². The highest BCUT2D eigenvalue weighted by atomic mass is 16.5. The summed E-state index contributed by atoms with van der Waals surface area (Å²) >= 11 is 0. The van der Waals surface area contributed by atoms with Crippen LogP contribution in [0.3, 0.4) is 0 Å². The predicted molar refractivity (Wildman–Crippen MR) is 54.3 cm³/mol. The van der Waals surface area contributed by atoms with Crippen LogP contribution in [0.5, 0.6) is 5.75 Å². The van der Waals surface area contributed by atoms with E-state index in [0.29, 0.717) is 13.0 Å². The maximum absolute atomic E-state index is 9.68. The molecule has 0 aliphatic rings. The van der Waals surface area contributed by atoms with Gasteiger partial charge in [-0.15, -0.1) is 0 Å². The van der Waals surface area contributed by atoms with Crippen LogP contribution < -0.4 is 0 Å². The highest BCUT2D eigenvalue weighted by molar-refractivity contribution is 5.42. The normalized spacial score (nSPS) is 10.5. The van der Waals surface area contributed by atoms with Crippen LogP contribution in [-0.2, 0) is 17.8 Å². The standard InChI is InChI=1S/C11H16O3/c1-8-5-9(3-4-12)6-10(7-14-2)11(8)13/h5-6,12-13H,3-4,7H2,1-2H3. The van der Waals surface area contributed by atoms with Crippen LogP contribution in [0.15, 0.2) is 12.1 Å². The second-order valence-corrected chi connectivity index (χ2v) is 3.33. The van der Waals surface area contributed by atoms with E-state index in [1.165, 1.54) is 0 Å². The minimum absolute atomic E-state index is 0.122. The first-order chi connectivity index (χ1) is 6.69. The number of benzene rings is 1. The van der Waals surface area contributed by atoms with Crippen molar-refractivity contribution in [1.29, 1.82) is 0 Å². The molecule has 0 aromatic heterocycles. The lowest BCUT2D eigenvalue weighted by molar-refractivity contribution is 0.182. The van der Waals surface area contributed by atoms with Crippen molar-refractivity contribution >= 4 is 0 Å². The number of aryl methyl sites for hydroxylation is 1. The van der Waals surface area contributed by atoms with Crippen molar-refractivity contribution in [2.45, 2.75) is 20.0 Å². The molecule has 0 spiro atoms. The topological polar surface area (TPSA) is 49.7 Å². The number of hydrogen-bond acceptors (Lipinski definition) is 3. The molecule has 3 nitrogen and oxygen atoms in total. The van der Waals surface area contributed by atoms with Crippen LogP contribution in [0.4, 0.5) is 0 Å². The van der Waals surface area contributed by atoms with Gasteiger partial charge in [-0.3, -0.25) is 0 Å². The highest BCUT2D eigenvalue weighted by Crippen LogP contribution is 2.24. The molecule has 3 heteroatoms. The molecular weight excluding hydrogens is 180 g/mol. The lowest BCUT2D eigenvalue weighted by Gasteiger charge is -2.09. The molecule has 0 bridgehead atoms. The van der Waals surface area contributed by atoms with Gasteiger partial charge in [-0.1, -0.05) is 6.07 Å². The van der Waals surface area contributed by atoms with Crippen LogP contribution in [-0.4, -0.2) is 23.9 Å². The fraction of sp³-hybridized carbons (Fsp3) is 0.455. The van der Waals surface area contributed by atoms with Crippen molar-refractivity contribution in [3.8, 4) is 5.75 Å². The van der Waals surface area contributed by atoms with Gasteiger partial charge in [-0.05, 0) is 30.5 Å². The third kappa shape index (κ3) is 2.47. The van der Waals surface area contributed by atoms with Gasteiger partial charge in [0, 0.05) is 19.3 Å². The van der Waals surface area contributed by atoms with Gasteiger partial charge in [0.05, 0.1) is 6.61 Å². The molecule has 0 aliphatic heterocycles. The van der Waals surface area contributed by atoms with E-state index in [4.69, 9.17) is 9.84 Å². The number of aliphatic hydroxyl groups is 1. The molecule has 0 amide bonds. The molecule has 14 heavy (non-hydrogen) atoms. The van der Waals surface area contributed by atoms with E-state index in [-0.39, 0.29) is 12.4 Å². The predicted octanol–water partition coefficient (Wildman–Crippen LogP) is 1.38. The zero-order valence-corrected chi connectivity index (χ0v) is 8.58. The fourth-order valence-corrected chi connectivity index (χ4v) is 1.47. The number of phenols is 1. The van der Waals surface area contributed by atoms with E-state index in [0.717, 1.165) is 16.7 Å². The number of hydrogen-bond donors (Lipinski definition) is 2. The van der Waals surface area contributed by atoms with Gasteiger partial charge in [0.1, 0.15) is 5.75 Å². The second-order valence-electron chi connectivity index (χ2n) is 3.33. The van der Waals surface area contributed by atoms with Crippen LogP contribution >= 0.6 is 0 Å². The van der Waals surface area contributed by atoms with Gasteiger partial charge in [0.2, 0.25) is 0 Å². The van der Waals surface area contributed by atoms with Crippen molar-refractivity contribution in [2.24, 2.45) is 0 Å². The first-order valence-corrected chi connectivity index (χ1v) is 4.60. The zero-order valence-electron chi connectivity index (χ0n) is 8.58. The molecule has 0 heterocycles. The minimum atomic E-state index is 0.122. The third-order valence-electron chi connectivity index (χ3n) is 2.14. The van der Waals surface area contributed by atoms with Gasteiger partial charge in [0.25, 0.3) is 0 Å². The Hall–Kier alpha value is -1.06. The first kappa shape index (κ1) is 11.0. The molecule has 1 aromatic carbocycles. The summed E-state index contributed by atoms with van der Waals surface area (Å²) < 4.78 is 4.97. The summed E-state index contributed by atoms with van der Waals surface area (Å²) in [4.78, 5) is 0. The third-order valence-corrected chi connectivity index (χ3v) is 2.14. The molecule has 0 fully saturated rings. The SMILES string of the molecule is COCc1cc(CCO)cc(C)c1O. The fourth-order valence-electron chi connectivity index (χ4n) is 1.47. The molecular formula is C11H16O3. The summed E-state index contributed by atoms with van der Waals surface area (Å²) in [6.07, 6.45) is 0.609. The van der Waals surface area contributed by atoms with E-state index >= 15 is 0 Å². The molecule has 2 N–H and O–H groups in total. The van der Waals surface area contributed by atoms with Crippen LogP contribution in [0.2, 0.25) is 0 Å². The Balaban J connectivity index is 3.01. The summed E-state index contributed by atoms with van der Waals surface area (Å²) in [5.74, 6) is 0.286. The van der Waals surface area contributed by atoms with Gasteiger partial charge < -0.3 is 14.9 Å². The Morgan fingerprint density at radius 3 is 2.64 bits per heavy atom. The average Bonchev–Trinajstić information content (AvgIpc) is 2.14. The van der Waals surface area contributed by atoms with Crippen molar-refractivity contribution in [3.05, 3.63) is 28.8 Å². The van der Waals surface area contributed by atoms with E-state index < -0.39 is 0 Å². The summed E-state index contributed by atoms with van der Waals surface area (Å²) in [5, 5.41) is 18.5. The van der Waals surface area contributed by atoms with Crippen molar-refractivity contribution in [2.75, 3.05) is 13.7 Å². The molecule has 0 radical (unpaired) electrons. The van der Waals surface area contributed by atoms with E-state index in [9.17, 15) is 5.11 Å². The Bertz CT molecular complexity index is 308. The van der Waals surface area contributed by atoms with Gasteiger partial charge in [0.15, 0.2) is 0 Å².